The normalized spacial score (nSPS) is 19.1. The molecule has 8 heteroatoms. The summed E-state index contributed by atoms with van der Waals surface area (Å²) in [6.45, 7) is 10.9. The first-order valence-electron chi connectivity index (χ1n) is 10.4. The second kappa shape index (κ2) is 8.83. The summed E-state index contributed by atoms with van der Waals surface area (Å²) in [7, 11) is 0. The van der Waals surface area contributed by atoms with Crippen molar-refractivity contribution in [2.75, 3.05) is 23.3 Å². The number of pyridine rings is 1. The minimum absolute atomic E-state index is 0.0171. The van der Waals surface area contributed by atoms with Crippen LogP contribution in [0.2, 0.25) is 0 Å². The first-order valence-corrected chi connectivity index (χ1v) is 10.4. The molecule has 1 aliphatic heterocycles. The van der Waals surface area contributed by atoms with E-state index in [0.717, 1.165) is 5.69 Å². The van der Waals surface area contributed by atoms with E-state index in [1.54, 1.807) is 17.0 Å². The van der Waals surface area contributed by atoms with Gasteiger partial charge in [0.1, 0.15) is 11.4 Å². The zero-order chi connectivity index (χ0) is 22.8. The van der Waals surface area contributed by atoms with E-state index in [2.05, 4.69) is 15.2 Å². The molecule has 8 nitrogen and oxygen atoms in total. The number of ether oxygens (including phenoxy) is 1. The highest BCUT2D eigenvalue weighted by atomic mass is 16.6. The van der Waals surface area contributed by atoms with Crippen LogP contribution in [0.4, 0.5) is 16.3 Å². The van der Waals surface area contributed by atoms with E-state index in [1.165, 1.54) is 18.3 Å². The Morgan fingerprint density at radius 3 is 2.23 bits per heavy atom. The number of aromatic amines is 1. The zero-order valence-corrected chi connectivity index (χ0v) is 18.6. The van der Waals surface area contributed by atoms with Crippen molar-refractivity contribution in [1.82, 2.24) is 9.88 Å². The van der Waals surface area contributed by atoms with E-state index in [9.17, 15) is 14.4 Å². The molecule has 2 heterocycles. The molecular weight excluding hydrogens is 396 g/mol. The lowest BCUT2D eigenvalue weighted by Gasteiger charge is -2.45. The lowest BCUT2D eigenvalue weighted by molar-refractivity contribution is 0.00565. The number of hydrogen-bond donors (Lipinski definition) is 2. The van der Waals surface area contributed by atoms with Gasteiger partial charge in [0.15, 0.2) is 5.43 Å². The third kappa shape index (κ3) is 5.65. The predicted octanol–water partition coefficient (Wildman–Crippen LogP) is 3.46. The Balaban J connectivity index is 1.65. The molecule has 0 aliphatic carbocycles. The predicted molar refractivity (Wildman–Crippen MR) is 121 cm³/mol. The molecule has 3 rings (SSSR count). The second-order valence-electron chi connectivity index (χ2n) is 8.93. The van der Waals surface area contributed by atoms with E-state index < -0.39 is 5.60 Å². The number of nitrogens with zero attached hydrogens (tertiary/aromatic N) is 2. The van der Waals surface area contributed by atoms with Crippen molar-refractivity contribution in [3.63, 3.8) is 0 Å². The zero-order valence-electron chi connectivity index (χ0n) is 18.6. The van der Waals surface area contributed by atoms with Crippen molar-refractivity contribution in [3.05, 3.63) is 58.4 Å². The summed E-state index contributed by atoms with van der Waals surface area (Å²) in [5.41, 5.74) is 0.754. The van der Waals surface area contributed by atoms with E-state index >= 15 is 0 Å². The van der Waals surface area contributed by atoms with Crippen molar-refractivity contribution in [3.8, 4) is 0 Å². The molecule has 166 valence electrons. The summed E-state index contributed by atoms with van der Waals surface area (Å²) in [6, 6.07) is 9.97. The Morgan fingerprint density at radius 2 is 1.68 bits per heavy atom. The Labute approximate surface area is 182 Å². The number of amides is 2. The van der Waals surface area contributed by atoms with Crippen molar-refractivity contribution in [2.45, 2.75) is 52.3 Å². The van der Waals surface area contributed by atoms with Crippen molar-refractivity contribution in [1.29, 1.82) is 0 Å². The van der Waals surface area contributed by atoms with Crippen molar-refractivity contribution < 1.29 is 14.3 Å². The molecule has 2 aromatic rings. The van der Waals surface area contributed by atoms with Gasteiger partial charge in [-0.25, -0.2) is 4.79 Å². The number of carbonyl (C=O) groups excluding carboxylic acids is 2. The molecule has 2 amide bonds. The molecule has 1 aromatic heterocycles. The van der Waals surface area contributed by atoms with Gasteiger partial charge in [-0.05, 0) is 58.9 Å². The highest BCUT2D eigenvalue weighted by Gasteiger charge is 2.35. The van der Waals surface area contributed by atoms with Gasteiger partial charge in [-0.3, -0.25) is 14.5 Å². The Hall–Kier alpha value is -3.29. The highest BCUT2D eigenvalue weighted by molar-refractivity contribution is 6.03. The third-order valence-corrected chi connectivity index (χ3v) is 5.04. The van der Waals surface area contributed by atoms with Gasteiger partial charge in [-0.15, -0.1) is 0 Å². The summed E-state index contributed by atoms with van der Waals surface area (Å²) >= 11 is 0. The lowest BCUT2D eigenvalue weighted by atomic mass is 10.1. The average Bonchev–Trinajstić information content (AvgIpc) is 2.66. The monoisotopic (exact) mass is 426 g/mol. The quantitative estimate of drug-likeness (QED) is 0.784. The summed E-state index contributed by atoms with van der Waals surface area (Å²) in [5, 5.41) is 2.68. The first kappa shape index (κ1) is 22.4. The molecule has 0 unspecified atom stereocenters. The molecule has 1 aromatic carbocycles. The lowest BCUT2D eigenvalue weighted by Crippen LogP contribution is -2.59. The Kier molecular flexibility index (Phi) is 6.38. The standard InChI is InChI=1S/C23H30N4O4/c1-15-13-26(14-16(2)27(15)22(30)31-23(3,4)5)18-8-6-17(7-9-18)21(29)25-20-12-19(28)10-11-24-20/h6-12,15-16H,13-14H2,1-5H3,(H2,24,25,28,29)/t15-,16+. The number of carbonyl (C=O) groups is 2. The molecule has 2 atom stereocenters. The highest BCUT2D eigenvalue weighted by Crippen LogP contribution is 2.25. The van der Waals surface area contributed by atoms with Gasteiger partial charge >= 0.3 is 6.09 Å². The second-order valence-corrected chi connectivity index (χ2v) is 8.93. The number of anilines is 2. The van der Waals surface area contributed by atoms with Crippen LogP contribution in [0.1, 0.15) is 45.0 Å². The topological polar surface area (TPSA) is 94.7 Å². The van der Waals surface area contributed by atoms with E-state index in [1.807, 2.05) is 46.8 Å². The Morgan fingerprint density at radius 1 is 1.06 bits per heavy atom. The maximum absolute atomic E-state index is 12.6. The first-order chi connectivity index (χ1) is 14.5. The van der Waals surface area contributed by atoms with Gasteiger partial charge in [0, 0.05) is 42.7 Å². The molecule has 31 heavy (non-hydrogen) atoms. The number of hydrogen-bond acceptors (Lipinski definition) is 5. The minimum Gasteiger partial charge on any atom is -0.444 e. The maximum Gasteiger partial charge on any atom is 0.410 e. The van der Waals surface area contributed by atoms with Gasteiger partial charge in [0.25, 0.3) is 5.91 Å². The van der Waals surface area contributed by atoms with Gasteiger partial charge in [0.2, 0.25) is 0 Å². The summed E-state index contributed by atoms with van der Waals surface area (Å²) in [6.07, 6.45) is 1.19. The van der Waals surface area contributed by atoms with Gasteiger partial charge in [-0.1, -0.05) is 0 Å². The molecule has 1 fully saturated rings. The fourth-order valence-corrected chi connectivity index (χ4v) is 3.74. The number of nitrogens with one attached hydrogen (secondary N) is 2. The van der Waals surface area contributed by atoms with E-state index in [0.29, 0.717) is 24.5 Å². The molecular formula is C23H30N4O4. The average molecular weight is 427 g/mol. The fraction of sp³-hybridized carbons (Fsp3) is 0.435. The van der Waals surface area contributed by atoms with Gasteiger partial charge in [0.05, 0.1) is 12.1 Å². The molecule has 1 saturated heterocycles. The Bertz CT molecular complexity index is 982. The maximum atomic E-state index is 12.6. The van der Waals surface area contributed by atoms with Crippen LogP contribution in [0, 0.1) is 0 Å². The van der Waals surface area contributed by atoms with Crippen LogP contribution >= 0.6 is 0 Å². The van der Waals surface area contributed by atoms with Crippen molar-refractivity contribution in [2.24, 2.45) is 0 Å². The number of benzene rings is 1. The van der Waals surface area contributed by atoms with E-state index in [-0.39, 0.29) is 29.5 Å². The van der Waals surface area contributed by atoms with Crippen LogP contribution in [0.5, 0.6) is 0 Å². The van der Waals surface area contributed by atoms with Crippen LogP contribution < -0.4 is 15.6 Å². The van der Waals surface area contributed by atoms with Crippen molar-refractivity contribution >= 4 is 23.5 Å². The number of piperazine rings is 1. The largest absolute Gasteiger partial charge is 0.444 e. The SMILES string of the molecule is C[C@@H]1CN(c2ccc(C(=O)Nc3cc(=O)cc[nH]3)cc2)C[C@H](C)N1C(=O)OC(C)(C)C. The van der Waals surface area contributed by atoms with Crippen LogP contribution in [-0.4, -0.2) is 52.7 Å². The molecule has 0 bridgehead atoms. The van der Waals surface area contributed by atoms with E-state index in [4.69, 9.17) is 4.74 Å². The minimum atomic E-state index is -0.531. The van der Waals surface area contributed by atoms with Crippen LogP contribution in [0.15, 0.2) is 47.4 Å². The molecule has 0 radical (unpaired) electrons. The number of H-pyrrole nitrogens is 1. The number of aromatic nitrogens is 1. The fourth-order valence-electron chi connectivity index (χ4n) is 3.74. The summed E-state index contributed by atoms with van der Waals surface area (Å²) in [4.78, 5) is 43.3. The van der Waals surface area contributed by atoms with Crippen LogP contribution in [-0.2, 0) is 4.74 Å². The molecule has 0 saturated carbocycles. The molecule has 1 aliphatic rings. The third-order valence-electron chi connectivity index (χ3n) is 5.04. The smallest absolute Gasteiger partial charge is 0.410 e. The number of rotatable bonds is 3. The van der Waals surface area contributed by atoms with Gasteiger partial charge in [-0.2, -0.15) is 0 Å². The summed E-state index contributed by atoms with van der Waals surface area (Å²) in [5.74, 6) is 0.0485. The van der Waals surface area contributed by atoms with Crippen LogP contribution in [0.25, 0.3) is 0 Å². The molecule has 2 N–H and O–H groups in total. The molecule has 0 spiro atoms. The summed E-state index contributed by atoms with van der Waals surface area (Å²) < 4.78 is 5.56. The van der Waals surface area contributed by atoms with Gasteiger partial charge < -0.3 is 19.9 Å². The van der Waals surface area contributed by atoms with Crippen LogP contribution in [0.3, 0.4) is 0 Å².